The summed E-state index contributed by atoms with van der Waals surface area (Å²) in [5.41, 5.74) is 1.98. The third-order valence-corrected chi connectivity index (χ3v) is 2.50. The van der Waals surface area contributed by atoms with E-state index in [9.17, 15) is 0 Å². The summed E-state index contributed by atoms with van der Waals surface area (Å²) in [6, 6.07) is 0. The van der Waals surface area contributed by atoms with Gasteiger partial charge in [-0.05, 0) is 20.8 Å². The molecule has 0 aromatic carbocycles. The van der Waals surface area contributed by atoms with Crippen LogP contribution < -0.4 is 0 Å². The van der Waals surface area contributed by atoms with E-state index in [0.29, 0.717) is 0 Å². The first-order valence-electron chi connectivity index (χ1n) is 5.89. The first-order chi connectivity index (χ1) is 8.76. The molecule has 0 aliphatic rings. The predicted molar refractivity (Wildman–Crippen MR) is 83.6 cm³/mol. The van der Waals surface area contributed by atoms with Gasteiger partial charge in [-0.1, -0.05) is 48.7 Å². The number of thiocarbonyl (C=S) groups is 1. The van der Waals surface area contributed by atoms with Gasteiger partial charge in [-0.25, -0.2) is 4.98 Å². The molecular formula is C15H18N2S. The van der Waals surface area contributed by atoms with Gasteiger partial charge in [-0.2, -0.15) is 0 Å². The average molecular weight is 258 g/mol. The lowest BCUT2D eigenvalue weighted by atomic mass is 10.1. The van der Waals surface area contributed by atoms with Crippen LogP contribution in [0.15, 0.2) is 42.7 Å². The molecule has 1 rings (SSSR count). The highest BCUT2D eigenvalue weighted by atomic mass is 32.1. The van der Waals surface area contributed by atoms with E-state index in [2.05, 4.69) is 4.98 Å². The van der Waals surface area contributed by atoms with Gasteiger partial charge in [0.05, 0.1) is 5.69 Å². The lowest BCUT2D eigenvalue weighted by molar-refractivity contribution is 1.12. The molecule has 0 radical (unpaired) electrons. The topological polar surface area (TPSA) is 17.8 Å². The molecule has 1 heterocycles. The Morgan fingerprint density at radius 3 is 2.56 bits per heavy atom. The van der Waals surface area contributed by atoms with Crippen LogP contribution in [0.2, 0.25) is 0 Å². The number of nitrogens with zero attached hydrogens (tertiary/aromatic N) is 2. The van der Waals surface area contributed by atoms with Gasteiger partial charge in [0.2, 0.25) is 0 Å². The summed E-state index contributed by atoms with van der Waals surface area (Å²) in [5.74, 6) is 0.772. The maximum atomic E-state index is 4.98. The number of hydrogen-bond donors (Lipinski definition) is 0. The summed E-state index contributed by atoms with van der Waals surface area (Å²) in [7, 11) is 0. The van der Waals surface area contributed by atoms with Crippen molar-refractivity contribution in [1.82, 2.24) is 9.55 Å². The Morgan fingerprint density at radius 1 is 1.22 bits per heavy atom. The molecule has 0 saturated carbocycles. The van der Waals surface area contributed by atoms with E-state index in [0.717, 1.165) is 17.1 Å². The summed E-state index contributed by atoms with van der Waals surface area (Å²) in [4.78, 5) is 4.52. The zero-order valence-electron chi connectivity index (χ0n) is 11.0. The molecule has 0 N–H and O–H groups in total. The average Bonchev–Trinajstić information content (AvgIpc) is 2.78. The lowest BCUT2D eigenvalue weighted by Crippen LogP contribution is -1.91. The number of aromatic nitrogens is 2. The molecule has 0 atom stereocenters. The number of rotatable bonds is 5. The van der Waals surface area contributed by atoms with Crippen LogP contribution in [0.1, 0.15) is 32.3 Å². The zero-order valence-corrected chi connectivity index (χ0v) is 11.8. The van der Waals surface area contributed by atoms with Gasteiger partial charge in [-0.15, -0.1) is 0 Å². The Balaban J connectivity index is 3.25. The summed E-state index contributed by atoms with van der Waals surface area (Å²) >= 11 is 4.98. The van der Waals surface area contributed by atoms with Crippen molar-refractivity contribution in [2.45, 2.75) is 20.8 Å². The zero-order chi connectivity index (χ0) is 13.4. The van der Waals surface area contributed by atoms with Crippen LogP contribution in [-0.4, -0.2) is 14.9 Å². The predicted octanol–water partition coefficient (Wildman–Crippen LogP) is 4.26. The highest BCUT2D eigenvalue weighted by Crippen LogP contribution is 2.16. The van der Waals surface area contributed by atoms with Crippen LogP contribution in [0.5, 0.6) is 0 Å². The fourth-order valence-corrected chi connectivity index (χ4v) is 1.69. The van der Waals surface area contributed by atoms with Gasteiger partial charge in [0.15, 0.2) is 0 Å². The summed E-state index contributed by atoms with van der Waals surface area (Å²) < 4.78 is 1.93. The first-order valence-corrected chi connectivity index (χ1v) is 6.36. The highest BCUT2D eigenvalue weighted by molar-refractivity contribution is 7.79. The Morgan fingerprint density at radius 2 is 2.00 bits per heavy atom. The van der Waals surface area contributed by atoms with E-state index >= 15 is 0 Å². The van der Waals surface area contributed by atoms with E-state index < -0.39 is 0 Å². The van der Waals surface area contributed by atoms with E-state index in [4.69, 9.17) is 12.2 Å². The van der Waals surface area contributed by atoms with Crippen molar-refractivity contribution >= 4 is 29.4 Å². The Bertz CT molecular complexity index is 517. The molecule has 1 aromatic rings. The smallest absolute Gasteiger partial charge is 0.148 e. The summed E-state index contributed by atoms with van der Waals surface area (Å²) in [6.07, 6.45) is 15.9. The second kappa shape index (κ2) is 7.56. The molecule has 2 nitrogen and oxygen atoms in total. The summed E-state index contributed by atoms with van der Waals surface area (Å²) in [5, 5.41) is 1.59. The van der Waals surface area contributed by atoms with Crippen LogP contribution >= 0.6 is 12.2 Å². The molecule has 0 aliphatic heterocycles. The molecule has 18 heavy (non-hydrogen) atoms. The van der Waals surface area contributed by atoms with Gasteiger partial charge in [0, 0.05) is 23.3 Å². The fourth-order valence-electron chi connectivity index (χ4n) is 1.52. The SMILES string of the molecule is C\C=C/C=C(\C=C/C)c1cn(/C=C\C)c(C=S)n1. The van der Waals surface area contributed by atoms with Crippen LogP contribution in [0.25, 0.3) is 11.8 Å². The summed E-state index contributed by atoms with van der Waals surface area (Å²) in [6.45, 7) is 5.95. The minimum Gasteiger partial charge on any atom is -0.306 e. The quantitative estimate of drug-likeness (QED) is 0.580. The maximum absolute atomic E-state index is 4.98. The van der Waals surface area contributed by atoms with Crippen molar-refractivity contribution in [3.8, 4) is 0 Å². The minimum atomic E-state index is 0.772. The van der Waals surface area contributed by atoms with Crippen molar-refractivity contribution in [2.24, 2.45) is 0 Å². The van der Waals surface area contributed by atoms with Crippen molar-refractivity contribution in [2.75, 3.05) is 0 Å². The standard InChI is InChI=1S/C15H18N2S/c1-4-7-9-13(8-5-2)14-11-17(10-6-3)15(12-18)16-14/h4-12H,1-3H3/b7-4-,8-5-,10-6-,13-9+. The van der Waals surface area contributed by atoms with Crippen LogP contribution in [0.4, 0.5) is 0 Å². The van der Waals surface area contributed by atoms with Crippen LogP contribution in [0, 0.1) is 0 Å². The Hall–Kier alpha value is -1.74. The Kier molecular flexibility index (Phi) is 6.01. The number of allylic oxidation sites excluding steroid dienone is 7. The van der Waals surface area contributed by atoms with Crippen molar-refractivity contribution in [3.05, 3.63) is 54.2 Å². The van der Waals surface area contributed by atoms with Gasteiger partial charge in [-0.3, -0.25) is 0 Å². The third-order valence-electron chi connectivity index (χ3n) is 2.29. The van der Waals surface area contributed by atoms with Crippen molar-refractivity contribution in [1.29, 1.82) is 0 Å². The van der Waals surface area contributed by atoms with Gasteiger partial charge in [0.25, 0.3) is 0 Å². The normalized spacial score (nSPS) is 13.2. The fraction of sp³-hybridized carbons (Fsp3) is 0.200. The van der Waals surface area contributed by atoms with E-state index in [1.807, 2.05) is 74.2 Å². The molecular weight excluding hydrogens is 240 g/mol. The molecule has 0 saturated heterocycles. The third kappa shape index (κ3) is 3.64. The van der Waals surface area contributed by atoms with Crippen molar-refractivity contribution < 1.29 is 0 Å². The second-order valence-electron chi connectivity index (χ2n) is 3.64. The van der Waals surface area contributed by atoms with Crippen LogP contribution in [-0.2, 0) is 0 Å². The highest BCUT2D eigenvalue weighted by Gasteiger charge is 2.06. The van der Waals surface area contributed by atoms with Gasteiger partial charge < -0.3 is 4.57 Å². The molecule has 0 amide bonds. The van der Waals surface area contributed by atoms with Gasteiger partial charge >= 0.3 is 0 Å². The molecule has 0 fully saturated rings. The molecule has 0 unspecified atom stereocenters. The molecule has 0 spiro atoms. The molecule has 94 valence electrons. The second-order valence-corrected chi connectivity index (χ2v) is 3.88. The van der Waals surface area contributed by atoms with E-state index in [-0.39, 0.29) is 0 Å². The first kappa shape index (κ1) is 14.3. The maximum Gasteiger partial charge on any atom is 0.148 e. The lowest BCUT2D eigenvalue weighted by Gasteiger charge is -1.94. The van der Waals surface area contributed by atoms with Gasteiger partial charge in [0.1, 0.15) is 5.82 Å². The van der Waals surface area contributed by atoms with E-state index in [1.54, 1.807) is 5.37 Å². The van der Waals surface area contributed by atoms with Crippen molar-refractivity contribution in [3.63, 3.8) is 0 Å². The molecule has 0 bridgehead atoms. The number of hydrogen-bond acceptors (Lipinski definition) is 2. The van der Waals surface area contributed by atoms with E-state index in [1.165, 1.54) is 0 Å². The molecule has 1 aromatic heterocycles. The largest absolute Gasteiger partial charge is 0.306 e. The molecule has 3 heteroatoms. The Labute approximate surface area is 114 Å². The minimum absolute atomic E-state index is 0.772. The van der Waals surface area contributed by atoms with Crippen LogP contribution in [0.3, 0.4) is 0 Å². The number of imidazole rings is 1. The monoisotopic (exact) mass is 258 g/mol. The molecule has 0 aliphatic carbocycles.